The van der Waals surface area contributed by atoms with E-state index in [0.717, 1.165) is 31.3 Å². The molecule has 0 aliphatic heterocycles. The lowest BCUT2D eigenvalue weighted by atomic mass is 9.81. The van der Waals surface area contributed by atoms with Crippen molar-refractivity contribution in [1.82, 2.24) is 0 Å². The van der Waals surface area contributed by atoms with E-state index in [-0.39, 0.29) is 5.25 Å². The number of carbonyl (C=O) groups is 1. The average Bonchev–Trinajstić information content (AvgIpc) is 2.42. The summed E-state index contributed by atoms with van der Waals surface area (Å²) in [6, 6.07) is 4.43. The number of carbonyl (C=O) groups excluding carboxylic acids is 1. The molecular weight excluding hydrogens is 276 g/mol. The maximum absolute atomic E-state index is 12.5. The number of hydrogen-bond acceptors (Lipinski definition) is 2. The van der Waals surface area contributed by atoms with Crippen LogP contribution in [-0.4, -0.2) is 11.0 Å². The number of allylic oxidation sites excluding steroid dienone is 1. The average molecular weight is 302 g/mol. The number of hydrogen-bond donors (Lipinski definition) is 0. The summed E-state index contributed by atoms with van der Waals surface area (Å²) < 4.78 is 0. The van der Waals surface area contributed by atoms with Gasteiger partial charge in [0.05, 0.1) is 5.25 Å². The van der Waals surface area contributed by atoms with Crippen molar-refractivity contribution in [3.05, 3.63) is 40.0 Å². The number of aryl methyl sites for hydroxylation is 3. The van der Waals surface area contributed by atoms with E-state index in [9.17, 15) is 4.79 Å². The third-order valence-corrected chi connectivity index (χ3v) is 5.71. The molecule has 1 nitrogen and oxygen atoms in total. The molecule has 0 fully saturated rings. The molecule has 0 radical (unpaired) electrons. The Balaban J connectivity index is 2.26. The van der Waals surface area contributed by atoms with Gasteiger partial charge in [-0.2, -0.15) is 0 Å². The van der Waals surface area contributed by atoms with E-state index in [4.69, 9.17) is 0 Å². The van der Waals surface area contributed by atoms with Crippen LogP contribution in [-0.2, 0) is 4.79 Å². The summed E-state index contributed by atoms with van der Waals surface area (Å²) in [5, 5.41) is 0.0756. The molecule has 114 valence electrons. The number of thioether (sulfide) groups is 1. The molecule has 0 saturated heterocycles. The van der Waals surface area contributed by atoms with Crippen molar-refractivity contribution in [1.29, 1.82) is 0 Å². The molecule has 0 spiro atoms. The monoisotopic (exact) mass is 302 g/mol. The molecule has 2 rings (SSSR count). The summed E-state index contributed by atoms with van der Waals surface area (Å²) in [6.45, 7) is 10.8. The third-order valence-electron chi connectivity index (χ3n) is 4.10. The zero-order valence-corrected chi connectivity index (χ0v) is 14.7. The van der Waals surface area contributed by atoms with Gasteiger partial charge >= 0.3 is 0 Å². The first kappa shape index (κ1) is 16.4. The Kier molecular flexibility index (Phi) is 5.32. The van der Waals surface area contributed by atoms with Crippen LogP contribution in [0.15, 0.2) is 28.2 Å². The Morgan fingerprint density at radius 1 is 1.00 bits per heavy atom. The van der Waals surface area contributed by atoms with Crippen molar-refractivity contribution in [3.8, 4) is 0 Å². The lowest BCUT2D eigenvalue weighted by Crippen LogP contribution is -2.34. The topological polar surface area (TPSA) is 17.1 Å². The smallest absolute Gasteiger partial charge is 0.176 e. The minimum atomic E-state index is 0.0756. The van der Waals surface area contributed by atoms with Gasteiger partial charge in [0.2, 0.25) is 0 Å². The quantitative estimate of drug-likeness (QED) is 0.685. The van der Waals surface area contributed by atoms with Crippen LogP contribution in [0.2, 0.25) is 0 Å². The van der Waals surface area contributed by atoms with Crippen LogP contribution in [0.4, 0.5) is 0 Å². The fourth-order valence-electron chi connectivity index (χ4n) is 3.24. The summed E-state index contributed by atoms with van der Waals surface area (Å²) in [5.74, 6) is 0.379. The maximum atomic E-state index is 12.5. The van der Waals surface area contributed by atoms with Crippen molar-refractivity contribution in [2.24, 2.45) is 0 Å². The highest BCUT2D eigenvalue weighted by atomic mass is 32.2. The van der Waals surface area contributed by atoms with E-state index < -0.39 is 0 Å². The lowest BCUT2D eigenvalue weighted by Gasteiger charge is -2.32. The van der Waals surface area contributed by atoms with Crippen LogP contribution in [0.1, 0.15) is 56.2 Å². The zero-order chi connectivity index (χ0) is 15.6. The fraction of sp³-hybridized carbons (Fsp3) is 0.526. The van der Waals surface area contributed by atoms with Crippen LogP contribution >= 0.6 is 11.8 Å². The molecule has 0 N–H and O–H groups in total. The van der Waals surface area contributed by atoms with Gasteiger partial charge < -0.3 is 0 Å². The Bertz CT molecular complexity index is 560. The largest absolute Gasteiger partial charge is 0.293 e. The Morgan fingerprint density at radius 3 is 2.10 bits per heavy atom. The summed E-state index contributed by atoms with van der Waals surface area (Å²) in [7, 11) is 0. The molecule has 1 unspecified atom stereocenters. The molecule has 1 aromatic rings. The summed E-state index contributed by atoms with van der Waals surface area (Å²) in [5.41, 5.74) is 6.42. The van der Waals surface area contributed by atoms with Crippen LogP contribution in [0.5, 0.6) is 0 Å². The van der Waals surface area contributed by atoms with Crippen LogP contribution in [0.3, 0.4) is 0 Å². The van der Waals surface area contributed by atoms with E-state index in [1.165, 1.54) is 27.2 Å². The second-order valence-corrected chi connectivity index (χ2v) is 7.21. The fourth-order valence-corrected chi connectivity index (χ4v) is 4.61. The van der Waals surface area contributed by atoms with Gasteiger partial charge in [-0.3, -0.25) is 4.79 Å². The Morgan fingerprint density at radius 2 is 1.57 bits per heavy atom. The number of benzene rings is 1. The number of rotatable bonds is 6. The SMILES string of the molecule is CCCC1=C(CCC)C(Sc2c(C)cc(C)cc2C)C1=O. The van der Waals surface area contributed by atoms with Gasteiger partial charge in [0.1, 0.15) is 0 Å². The van der Waals surface area contributed by atoms with Gasteiger partial charge in [0.15, 0.2) is 5.78 Å². The van der Waals surface area contributed by atoms with Crippen LogP contribution in [0.25, 0.3) is 0 Å². The first-order valence-electron chi connectivity index (χ1n) is 8.00. The minimum Gasteiger partial charge on any atom is -0.293 e. The minimum absolute atomic E-state index is 0.0756. The maximum Gasteiger partial charge on any atom is 0.176 e. The molecule has 1 aromatic carbocycles. The second kappa shape index (κ2) is 6.83. The Labute approximate surface area is 133 Å². The van der Waals surface area contributed by atoms with Gasteiger partial charge in [-0.05, 0) is 55.9 Å². The van der Waals surface area contributed by atoms with Crippen molar-refractivity contribution < 1.29 is 4.79 Å². The molecule has 2 heteroatoms. The van der Waals surface area contributed by atoms with Crippen LogP contribution < -0.4 is 0 Å². The standard InChI is InChI=1S/C19H26OS/c1-6-8-15-16(9-7-2)19(17(15)20)21-18-13(4)10-12(3)11-14(18)5/h10-11,19H,6-9H2,1-5H3. The molecule has 0 bridgehead atoms. The van der Waals surface area contributed by atoms with Gasteiger partial charge in [-0.1, -0.05) is 44.4 Å². The predicted molar refractivity (Wildman–Crippen MR) is 92.1 cm³/mol. The highest BCUT2D eigenvalue weighted by Gasteiger charge is 2.38. The molecule has 21 heavy (non-hydrogen) atoms. The molecule has 0 amide bonds. The lowest BCUT2D eigenvalue weighted by molar-refractivity contribution is -0.116. The molecule has 1 aliphatic carbocycles. The highest BCUT2D eigenvalue weighted by molar-refractivity contribution is 8.01. The van der Waals surface area contributed by atoms with E-state index in [1.807, 2.05) is 0 Å². The van der Waals surface area contributed by atoms with Crippen molar-refractivity contribution >= 4 is 17.5 Å². The molecule has 0 aromatic heterocycles. The molecule has 1 atom stereocenters. The summed E-state index contributed by atoms with van der Waals surface area (Å²) in [4.78, 5) is 13.7. The van der Waals surface area contributed by atoms with E-state index in [2.05, 4.69) is 46.8 Å². The van der Waals surface area contributed by atoms with Crippen molar-refractivity contribution in [3.63, 3.8) is 0 Å². The molecule has 0 heterocycles. The predicted octanol–water partition coefficient (Wildman–Crippen LogP) is 5.55. The highest BCUT2D eigenvalue weighted by Crippen LogP contribution is 2.44. The molecular formula is C19H26OS. The Hall–Kier alpha value is -1.02. The van der Waals surface area contributed by atoms with E-state index >= 15 is 0 Å². The van der Waals surface area contributed by atoms with E-state index in [0.29, 0.717) is 5.78 Å². The number of ketones is 1. The summed E-state index contributed by atoms with van der Waals surface area (Å²) in [6.07, 6.45) is 4.22. The van der Waals surface area contributed by atoms with E-state index in [1.54, 1.807) is 11.8 Å². The zero-order valence-electron chi connectivity index (χ0n) is 13.9. The van der Waals surface area contributed by atoms with Gasteiger partial charge in [-0.15, -0.1) is 11.8 Å². The summed E-state index contributed by atoms with van der Waals surface area (Å²) >= 11 is 1.77. The van der Waals surface area contributed by atoms with Gasteiger partial charge in [0.25, 0.3) is 0 Å². The van der Waals surface area contributed by atoms with Crippen molar-refractivity contribution in [2.75, 3.05) is 0 Å². The molecule has 0 saturated carbocycles. The first-order chi connectivity index (χ1) is 9.99. The third kappa shape index (κ3) is 3.26. The van der Waals surface area contributed by atoms with Gasteiger partial charge in [0, 0.05) is 4.90 Å². The van der Waals surface area contributed by atoms with Crippen LogP contribution in [0, 0.1) is 20.8 Å². The second-order valence-electron chi connectivity index (χ2n) is 6.09. The number of Topliss-reactive ketones (excluding diaryl/α,β-unsaturated/α-hetero) is 1. The first-order valence-corrected chi connectivity index (χ1v) is 8.88. The van der Waals surface area contributed by atoms with Gasteiger partial charge in [-0.25, -0.2) is 0 Å². The normalized spacial score (nSPS) is 18.1. The van der Waals surface area contributed by atoms with Crippen molar-refractivity contribution in [2.45, 2.75) is 70.4 Å². The molecule has 1 aliphatic rings.